The number of nitriles is 1. The lowest BCUT2D eigenvalue weighted by atomic mass is 9.91. The van der Waals surface area contributed by atoms with Crippen molar-refractivity contribution in [3.63, 3.8) is 0 Å². The van der Waals surface area contributed by atoms with Crippen LogP contribution >= 0.6 is 0 Å². The van der Waals surface area contributed by atoms with Crippen molar-refractivity contribution in [2.45, 2.75) is 52.5 Å². The summed E-state index contributed by atoms with van der Waals surface area (Å²) in [6.07, 6.45) is 8.67. The molecule has 1 heterocycles. The lowest BCUT2D eigenvalue weighted by Crippen LogP contribution is -2.11. The predicted molar refractivity (Wildman–Crippen MR) is 70.3 cm³/mol. The third kappa shape index (κ3) is 2.81. The number of aryl methyl sites for hydroxylation is 2. The Bertz CT molecular complexity index is 491. The van der Waals surface area contributed by atoms with Crippen LogP contribution in [0.15, 0.2) is 12.4 Å². The fraction of sp³-hybridized carbons (Fsp3) is 0.600. The van der Waals surface area contributed by atoms with E-state index in [1.165, 1.54) is 5.56 Å². The normalized spacial score (nSPS) is 15.9. The lowest BCUT2D eigenvalue weighted by Gasteiger charge is -2.14. The van der Waals surface area contributed by atoms with Gasteiger partial charge in [0.2, 0.25) is 0 Å². The second kappa shape index (κ2) is 4.97. The Labute approximate surface area is 108 Å². The van der Waals surface area contributed by atoms with Crippen molar-refractivity contribution >= 4 is 5.78 Å². The van der Waals surface area contributed by atoms with E-state index in [1.807, 2.05) is 20.0 Å². The fourth-order valence-corrected chi connectivity index (χ4v) is 2.34. The van der Waals surface area contributed by atoms with E-state index in [1.54, 1.807) is 0 Å². The molecule has 2 rings (SSSR count). The topological polar surface area (TPSA) is 45.8 Å². The van der Waals surface area contributed by atoms with Crippen molar-refractivity contribution in [3.05, 3.63) is 23.5 Å². The second-order valence-electron chi connectivity index (χ2n) is 5.81. The molecule has 0 atom stereocenters. The molecule has 96 valence electrons. The van der Waals surface area contributed by atoms with E-state index in [9.17, 15) is 4.79 Å². The van der Waals surface area contributed by atoms with E-state index < -0.39 is 0 Å². The quantitative estimate of drug-likeness (QED) is 0.765. The second-order valence-corrected chi connectivity index (χ2v) is 5.81. The molecular weight excluding hydrogens is 224 g/mol. The molecule has 0 fully saturated rings. The van der Waals surface area contributed by atoms with Gasteiger partial charge in [0, 0.05) is 30.9 Å². The minimum absolute atomic E-state index is 0.279. The third-order valence-electron chi connectivity index (χ3n) is 3.66. The summed E-state index contributed by atoms with van der Waals surface area (Å²) < 4.78 is 2.08. The molecule has 0 saturated heterocycles. The van der Waals surface area contributed by atoms with E-state index >= 15 is 0 Å². The average Bonchev–Trinajstić information content (AvgIpc) is 2.68. The first-order chi connectivity index (χ1) is 8.52. The number of hydrogen-bond donors (Lipinski definition) is 0. The molecule has 0 aliphatic heterocycles. The van der Waals surface area contributed by atoms with E-state index in [-0.39, 0.29) is 11.2 Å². The van der Waals surface area contributed by atoms with Crippen LogP contribution in [0.3, 0.4) is 0 Å². The maximum atomic E-state index is 11.9. The molecule has 0 aromatic carbocycles. The molecule has 0 N–H and O–H groups in total. The Morgan fingerprint density at radius 2 is 2.06 bits per heavy atom. The molecule has 0 spiro atoms. The van der Waals surface area contributed by atoms with Gasteiger partial charge in [-0.3, -0.25) is 4.79 Å². The molecule has 0 saturated carbocycles. The smallest absolute Gasteiger partial charge is 0.164 e. The van der Waals surface area contributed by atoms with Crippen molar-refractivity contribution < 1.29 is 4.79 Å². The first-order valence-corrected chi connectivity index (χ1v) is 6.65. The molecule has 1 aliphatic carbocycles. The van der Waals surface area contributed by atoms with Crippen molar-refractivity contribution in [1.29, 1.82) is 5.26 Å². The van der Waals surface area contributed by atoms with Crippen LogP contribution in [-0.4, -0.2) is 10.4 Å². The first-order valence-electron chi connectivity index (χ1n) is 6.65. The summed E-state index contributed by atoms with van der Waals surface area (Å²) in [6, 6.07) is 2.31. The van der Waals surface area contributed by atoms with E-state index in [0.717, 1.165) is 37.8 Å². The van der Waals surface area contributed by atoms with Crippen LogP contribution in [0.25, 0.3) is 0 Å². The highest BCUT2D eigenvalue weighted by Gasteiger charge is 2.20. The molecule has 1 aromatic rings. The molecule has 1 aromatic heterocycles. The largest absolute Gasteiger partial charge is 0.353 e. The van der Waals surface area contributed by atoms with Crippen LogP contribution in [0, 0.1) is 16.7 Å². The van der Waals surface area contributed by atoms with E-state index in [2.05, 4.69) is 16.8 Å². The van der Waals surface area contributed by atoms with E-state index in [4.69, 9.17) is 5.26 Å². The van der Waals surface area contributed by atoms with Gasteiger partial charge in [-0.1, -0.05) is 0 Å². The Balaban J connectivity index is 2.11. The number of Topliss-reactive ketones (excluding diaryl/α,β-unsaturated/α-hetero) is 1. The molecule has 1 aliphatic rings. The van der Waals surface area contributed by atoms with Gasteiger partial charge in [-0.25, -0.2) is 0 Å². The zero-order chi connectivity index (χ0) is 13.2. The minimum Gasteiger partial charge on any atom is -0.353 e. The Morgan fingerprint density at radius 1 is 1.33 bits per heavy atom. The summed E-state index contributed by atoms with van der Waals surface area (Å²) in [7, 11) is 0. The maximum Gasteiger partial charge on any atom is 0.164 e. The van der Waals surface area contributed by atoms with Gasteiger partial charge in [0.25, 0.3) is 0 Å². The van der Waals surface area contributed by atoms with Gasteiger partial charge >= 0.3 is 0 Å². The SMILES string of the molecule is CC(C)(C#N)CCn1cc2c(c1)C(=O)CCCC2. The summed E-state index contributed by atoms with van der Waals surface area (Å²) in [5.74, 6) is 0.279. The van der Waals surface area contributed by atoms with Gasteiger partial charge in [0.15, 0.2) is 5.78 Å². The summed E-state index contributed by atoms with van der Waals surface area (Å²) in [5.41, 5.74) is 1.79. The number of fused-ring (bicyclic) bond motifs is 1. The number of carbonyl (C=O) groups is 1. The van der Waals surface area contributed by atoms with Crippen molar-refractivity contribution in [2.24, 2.45) is 5.41 Å². The number of nitrogens with zero attached hydrogens (tertiary/aromatic N) is 2. The summed E-state index contributed by atoms with van der Waals surface area (Å²) in [5, 5.41) is 9.00. The highest BCUT2D eigenvalue weighted by atomic mass is 16.1. The zero-order valence-corrected chi connectivity index (χ0v) is 11.2. The molecular formula is C15H20N2O. The van der Waals surface area contributed by atoms with Gasteiger partial charge < -0.3 is 4.57 Å². The summed E-state index contributed by atoms with van der Waals surface area (Å²) in [4.78, 5) is 11.9. The van der Waals surface area contributed by atoms with Crippen molar-refractivity contribution in [1.82, 2.24) is 4.57 Å². The highest BCUT2D eigenvalue weighted by Crippen LogP contribution is 2.24. The van der Waals surface area contributed by atoms with Crippen molar-refractivity contribution in [3.8, 4) is 6.07 Å². The molecule has 0 unspecified atom stereocenters. The number of aromatic nitrogens is 1. The van der Waals surface area contributed by atoms with Crippen LogP contribution in [0.4, 0.5) is 0 Å². The summed E-state index contributed by atoms with van der Waals surface area (Å²) >= 11 is 0. The zero-order valence-electron chi connectivity index (χ0n) is 11.2. The molecule has 0 bridgehead atoms. The Morgan fingerprint density at radius 3 is 2.78 bits per heavy atom. The Kier molecular flexibility index (Phi) is 3.56. The van der Waals surface area contributed by atoms with Crippen molar-refractivity contribution in [2.75, 3.05) is 0 Å². The molecule has 0 radical (unpaired) electrons. The van der Waals surface area contributed by atoms with Gasteiger partial charge in [-0.2, -0.15) is 5.26 Å². The molecule has 3 heteroatoms. The number of hydrogen-bond acceptors (Lipinski definition) is 2. The van der Waals surface area contributed by atoms with Gasteiger partial charge in [0.1, 0.15) is 0 Å². The summed E-state index contributed by atoms with van der Waals surface area (Å²) in [6.45, 7) is 4.71. The fourth-order valence-electron chi connectivity index (χ4n) is 2.34. The number of rotatable bonds is 3. The maximum absolute atomic E-state index is 11.9. The molecule has 3 nitrogen and oxygen atoms in total. The monoisotopic (exact) mass is 244 g/mol. The van der Waals surface area contributed by atoms with E-state index in [0.29, 0.717) is 6.42 Å². The van der Waals surface area contributed by atoms with Crippen LogP contribution < -0.4 is 0 Å². The third-order valence-corrected chi connectivity index (χ3v) is 3.66. The van der Waals surface area contributed by atoms with Gasteiger partial charge in [0.05, 0.1) is 11.5 Å². The van der Waals surface area contributed by atoms with Crippen LogP contribution in [0.1, 0.15) is 55.5 Å². The van der Waals surface area contributed by atoms with Crippen LogP contribution in [0.2, 0.25) is 0 Å². The van der Waals surface area contributed by atoms with Crippen LogP contribution in [0.5, 0.6) is 0 Å². The number of carbonyl (C=O) groups excluding carboxylic acids is 1. The average molecular weight is 244 g/mol. The molecule has 0 amide bonds. The minimum atomic E-state index is -0.300. The van der Waals surface area contributed by atoms with Crippen LogP contribution in [-0.2, 0) is 13.0 Å². The standard InChI is InChI=1S/C15H20N2O/c1-15(2,11-16)7-8-17-9-12-5-3-4-6-14(18)13(12)10-17/h9-10H,3-8H2,1-2H3. The number of ketones is 1. The van der Waals surface area contributed by atoms with Gasteiger partial charge in [-0.15, -0.1) is 0 Å². The predicted octanol–water partition coefficient (Wildman–Crippen LogP) is 3.34. The Hall–Kier alpha value is -1.56. The first kappa shape index (κ1) is 12.9. The lowest BCUT2D eigenvalue weighted by molar-refractivity contribution is 0.0982. The molecule has 18 heavy (non-hydrogen) atoms. The highest BCUT2D eigenvalue weighted by molar-refractivity contribution is 5.97. The van der Waals surface area contributed by atoms with Gasteiger partial charge in [-0.05, 0) is 45.1 Å².